The van der Waals surface area contributed by atoms with Gasteiger partial charge in [-0.25, -0.2) is 0 Å². The monoisotopic (exact) mass is 228 g/mol. The quantitative estimate of drug-likeness (QED) is 0.565. The van der Waals surface area contributed by atoms with Gasteiger partial charge in [-0.3, -0.25) is 4.79 Å². The summed E-state index contributed by atoms with van der Waals surface area (Å²) in [5.74, 6) is 1.01. The van der Waals surface area contributed by atoms with E-state index in [0.717, 1.165) is 19.3 Å². The topological polar surface area (TPSA) is 26.3 Å². The zero-order valence-corrected chi connectivity index (χ0v) is 11.4. The molecule has 0 aromatic heterocycles. The third kappa shape index (κ3) is 7.86. The molecule has 0 saturated carbocycles. The van der Waals surface area contributed by atoms with Gasteiger partial charge < -0.3 is 4.74 Å². The van der Waals surface area contributed by atoms with Crippen LogP contribution < -0.4 is 0 Å². The fourth-order valence-electron chi connectivity index (χ4n) is 1.85. The Hall–Kier alpha value is -0.370. The smallest absolute Gasteiger partial charge is 0.133 e. The van der Waals surface area contributed by atoms with Crippen molar-refractivity contribution >= 4 is 5.78 Å². The molecule has 0 N–H and O–H groups in total. The van der Waals surface area contributed by atoms with Crippen molar-refractivity contribution in [3.05, 3.63) is 0 Å². The van der Waals surface area contributed by atoms with Crippen molar-refractivity contribution in [3.8, 4) is 0 Å². The van der Waals surface area contributed by atoms with Crippen LogP contribution in [0.4, 0.5) is 0 Å². The largest absolute Gasteiger partial charge is 0.382 e. The molecule has 2 heteroatoms. The summed E-state index contributed by atoms with van der Waals surface area (Å²) in [6.07, 6.45) is 7.33. The Balaban J connectivity index is 3.73. The lowest BCUT2D eigenvalue weighted by atomic mass is 9.92. The number of hydrogen-bond donors (Lipinski definition) is 0. The van der Waals surface area contributed by atoms with E-state index >= 15 is 0 Å². The summed E-state index contributed by atoms with van der Waals surface area (Å²) in [6.45, 7) is 6.40. The average molecular weight is 228 g/mol. The van der Waals surface area contributed by atoms with Crippen molar-refractivity contribution in [2.75, 3.05) is 7.11 Å². The molecule has 0 aliphatic heterocycles. The van der Waals surface area contributed by atoms with Gasteiger partial charge in [0, 0.05) is 20.0 Å². The molecule has 2 atom stereocenters. The normalized spacial score (nSPS) is 14.8. The van der Waals surface area contributed by atoms with Gasteiger partial charge in [0.25, 0.3) is 0 Å². The van der Waals surface area contributed by atoms with Crippen LogP contribution in [0, 0.1) is 5.92 Å². The van der Waals surface area contributed by atoms with Crippen molar-refractivity contribution in [2.45, 2.75) is 71.8 Å². The summed E-state index contributed by atoms with van der Waals surface area (Å²) in [6, 6.07) is 0. The first kappa shape index (κ1) is 15.6. The van der Waals surface area contributed by atoms with Crippen LogP contribution in [-0.4, -0.2) is 19.0 Å². The molecular formula is C14H28O2. The van der Waals surface area contributed by atoms with E-state index in [1.54, 1.807) is 7.11 Å². The summed E-state index contributed by atoms with van der Waals surface area (Å²) in [4.78, 5) is 11.7. The predicted octanol–water partition coefficient (Wildman–Crippen LogP) is 3.98. The summed E-state index contributed by atoms with van der Waals surface area (Å²) in [7, 11) is 1.70. The maximum atomic E-state index is 11.7. The number of carbonyl (C=O) groups excluding carboxylic acids is 1. The highest BCUT2D eigenvalue weighted by molar-refractivity contribution is 5.78. The molecule has 0 aliphatic carbocycles. The zero-order chi connectivity index (χ0) is 12.4. The van der Waals surface area contributed by atoms with Gasteiger partial charge in [0.1, 0.15) is 5.78 Å². The van der Waals surface area contributed by atoms with E-state index < -0.39 is 0 Å². The Kier molecular flexibility index (Phi) is 9.60. The zero-order valence-electron chi connectivity index (χ0n) is 11.4. The summed E-state index contributed by atoms with van der Waals surface area (Å²) in [5.41, 5.74) is 0. The van der Waals surface area contributed by atoms with Crippen molar-refractivity contribution in [1.29, 1.82) is 0 Å². The second-order valence-corrected chi connectivity index (χ2v) is 4.74. The molecule has 0 radical (unpaired) electrons. The first-order chi connectivity index (χ1) is 7.63. The van der Waals surface area contributed by atoms with E-state index in [2.05, 4.69) is 13.8 Å². The maximum absolute atomic E-state index is 11.7. The van der Waals surface area contributed by atoms with Gasteiger partial charge in [-0.15, -0.1) is 0 Å². The average Bonchev–Trinajstić information content (AvgIpc) is 2.31. The van der Waals surface area contributed by atoms with Crippen LogP contribution in [0.1, 0.15) is 65.7 Å². The van der Waals surface area contributed by atoms with Crippen molar-refractivity contribution in [2.24, 2.45) is 5.92 Å². The maximum Gasteiger partial charge on any atom is 0.133 e. The Morgan fingerprint density at radius 2 is 1.94 bits per heavy atom. The molecule has 0 aromatic rings. The molecule has 0 fully saturated rings. The third-order valence-corrected chi connectivity index (χ3v) is 3.29. The first-order valence-electron chi connectivity index (χ1n) is 6.68. The summed E-state index contributed by atoms with van der Waals surface area (Å²) in [5, 5.41) is 0. The minimum absolute atomic E-state index is 0.208. The lowest BCUT2D eigenvalue weighted by Gasteiger charge is -2.14. The van der Waals surface area contributed by atoms with E-state index in [4.69, 9.17) is 4.74 Å². The standard InChI is InChI=1S/C14H28O2/c1-5-7-8-13(6-2)11-14(15)10-9-12(3)16-4/h12-13H,5-11H2,1-4H3. The number of methoxy groups -OCH3 is 1. The fraction of sp³-hybridized carbons (Fsp3) is 0.929. The molecular weight excluding hydrogens is 200 g/mol. The minimum Gasteiger partial charge on any atom is -0.382 e. The molecule has 0 amide bonds. The molecule has 2 nitrogen and oxygen atoms in total. The van der Waals surface area contributed by atoms with Crippen LogP contribution in [0.5, 0.6) is 0 Å². The highest BCUT2D eigenvalue weighted by atomic mass is 16.5. The van der Waals surface area contributed by atoms with Crippen LogP contribution in [0.3, 0.4) is 0 Å². The second-order valence-electron chi connectivity index (χ2n) is 4.74. The fourth-order valence-corrected chi connectivity index (χ4v) is 1.85. The number of Topliss-reactive ketones (excluding diaryl/α,β-unsaturated/α-hetero) is 1. The van der Waals surface area contributed by atoms with Gasteiger partial charge in [0.2, 0.25) is 0 Å². The van der Waals surface area contributed by atoms with Crippen LogP contribution >= 0.6 is 0 Å². The van der Waals surface area contributed by atoms with Crippen molar-refractivity contribution in [3.63, 3.8) is 0 Å². The highest BCUT2D eigenvalue weighted by Crippen LogP contribution is 2.18. The van der Waals surface area contributed by atoms with E-state index in [9.17, 15) is 4.79 Å². The molecule has 0 saturated heterocycles. The van der Waals surface area contributed by atoms with Gasteiger partial charge >= 0.3 is 0 Å². The van der Waals surface area contributed by atoms with E-state index in [1.165, 1.54) is 19.3 Å². The van der Waals surface area contributed by atoms with Crippen LogP contribution in [0.15, 0.2) is 0 Å². The van der Waals surface area contributed by atoms with Crippen LogP contribution in [-0.2, 0) is 9.53 Å². The lowest BCUT2D eigenvalue weighted by molar-refractivity contribution is -0.120. The molecule has 0 spiro atoms. The van der Waals surface area contributed by atoms with Crippen LogP contribution in [0.25, 0.3) is 0 Å². The molecule has 96 valence electrons. The Morgan fingerprint density at radius 3 is 2.44 bits per heavy atom. The summed E-state index contributed by atoms with van der Waals surface area (Å²) < 4.78 is 5.14. The van der Waals surface area contributed by atoms with Gasteiger partial charge in [-0.05, 0) is 19.3 Å². The second kappa shape index (κ2) is 9.83. The number of rotatable bonds is 10. The van der Waals surface area contributed by atoms with E-state index in [0.29, 0.717) is 18.1 Å². The molecule has 2 unspecified atom stereocenters. The van der Waals surface area contributed by atoms with Gasteiger partial charge in [0.15, 0.2) is 0 Å². The molecule has 0 rings (SSSR count). The van der Waals surface area contributed by atoms with Gasteiger partial charge in [0.05, 0.1) is 6.10 Å². The van der Waals surface area contributed by atoms with Crippen molar-refractivity contribution < 1.29 is 9.53 Å². The number of hydrogen-bond acceptors (Lipinski definition) is 2. The molecule has 16 heavy (non-hydrogen) atoms. The predicted molar refractivity (Wildman–Crippen MR) is 68.6 cm³/mol. The Labute approximate surface area is 101 Å². The SMILES string of the molecule is CCCCC(CC)CC(=O)CCC(C)OC. The van der Waals surface area contributed by atoms with E-state index in [1.807, 2.05) is 6.92 Å². The van der Waals surface area contributed by atoms with E-state index in [-0.39, 0.29) is 6.10 Å². The highest BCUT2D eigenvalue weighted by Gasteiger charge is 2.12. The third-order valence-electron chi connectivity index (χ3n) is 3.29. The first-order valence-corrected chi connectivity index (χ1v) is 6.68. The molecule has 0 aliphatic rings. The number of ketones is 1. The molecule has 0 bridgehead atoms. The van der Waals surface area contributed by atoms with Crippen LogP contribution in [0.2, 0.25) is 0 Å². The van der Waals surface area contributed by atoms with Gasteiger partial charge in [-0.1, -0.05) is 39.5 Å². The Morgan fingerprint density at radius 1 is 1.25 bits per heavy atom. The van der Waals surface area contributed by atoms with Gasteiger partial charge in [-0.2, -0.15) is 0 Å². The minimum atomic E-state index is 0.208. The number of ether oxygens (including phenoxy) is 1. The number of carbonyl (C=O) groups is 1. The molecule has 0 heterocycles. The van der Waals surface area contributed by atoms with Crippen molar-refractivity contribution in [1.82, 2.24) is 0 Å². The Bertz CT molecular complexity index is 178. The lowest BCUT2D eigenvalue weighted by Crippen LogP contribution is -2.12. The summed E-state index contributed by atoms with van der Waals surface area (Å²) >= 11 is 0. The molecule has 0 aromatic carbocycles. The number of unbranched alkanes of at least 4 members (excludes halogenated alkanes) is 1.